The Labute approximate surface area is 134 Å². The molecular weight excluding hydrogens is 296 g/mol. The lowest BCUT2D eigenvalue weighted by atomic mass is 10.2. The highest BCUT2D eigenvalue weighted by molar-refractivity contribution is 8.00. The first-order valence-corrected chi connectivity index (χ1v) is 7.89. The number of amides is 2. The number of hydrogen-bond donors (Lipinski definition) is 2. The summed E-state index contributed by atoms with van der Waals surface area (Å²) in [5, 5.41) is 5.61. The van der Waals surface area contributed by atoms with Crippen molar-refractivity contribution in [3.63, 3.8) is 0 Å². The fourth-order valence-electron chi connectivity index (χ4n) is 1.86. The van der Waals surface area contributed by atoms with Crippen LogP contribution in [0.2, 0.25) is 0 Å². The fourth-order valence-corrected chi connectivity index (χ4v) is 2.67. The summed E-state index contributed by atoms with van der Waals surface area (Å²) in [6, 6.07) is 15.1. The van der Waals surface area contributed by atoms with Crippen LogP contribution in [-0.4, -0.2) is 17.6 Å². The van der Waals surface area contributed by atoms with Gasteiger partial charge in [0.2, 0.25) is 11.8 Å². The topological polar surface area (TPSA) is 58.2 Å². The molecular formula is C17H18N2O2S. The largest absolute Gasteiger partial charge is 0.325 e. The fraction of sp³-hybridized carbons (Fsp3) is 0.176. The highest BCUT2D eigenvalue weighted by Gasteiger charge is 2.07. The van der Waals surface area contributed by atoms with Crippen molar-refractivity contribution in [1.82, 2.24) is 0 Å². The van der Waals surface area contributed by atoms with Gasteiger partial charge in [-0.05, 0) is 31.2 Å². The zero-order valence-electron chi connectivity index (χ0n) is 12.6. The Balaban J connectivity index is 1.93. The molecule has 0 heterocycles. The van der Waals surface area contributed by atoms with Crippen LogP contribution in [0.3, 0.4) is 0 Å². The van der Waals surface area contributed by atoms with Gasteiger partial charge in [0.15, 0.2) is 0 Å². The van der Waals surface area contributed by atoms with Gasteiger partial charge >= 0.3 is 0 Å². The Kier molecular flexibility index (Phi) is 5.61. The average Bonchev–Trinajstić information content (AvgIpc) is 2.48. The van der Waals surface area contributed by atoms with E-state index in [1.807, 2.05) is 55.5 Å². The van der Waals surface area contributed by atoms with Crippen molar-refractivity contribution in [2.24, 2.45) is 0 Å². The normalized spacial score (nSPS) is 10.1. The van der Waals surface area contributed by atoms with Crippen molar-refractivity contribution in [1.29, 1.82) is 0 Å². The molecule has 0 aliphatic heterocycles. The molecule has 5 heteroatoms. The Hall–Kier alpha value is -2.27. The molecule has 0 aliphatic carbocycles. The van der Waals surface area contributed by atoms with E-state index in [1.165, 1.54) is 18.7 Å². The molecule has 0 saturated heterocycles. The Morgan fingerprint density at radius 1 is 1.00 bits per heavy atom. The zero-order chi connectivity index (χ0) is 15.9. The van der Waals surface area contributed by atoms with Gasteiger partial charge in [-0.2, -0.15) is 0 Å². The van der Waals surface area contributed by atoms with Crippen LogP contribution in [0.15, 0.2) is 53.4 Å². The molecule has 0 fully saturated rings. The summed E-state index contributed by atoms with van der Waals surface area (Å²) in [7, 11) is 0. The molecule has 0 radical (unpaired) electrons. The number of para-hydroxylation sites is 1. The Morgan fingerprint density at radius 2 is 1.68 bits per heavy atom. The molecule has 0 aliphatic rings. The molecule has 0 atom stereocenters. The first-order chi connectivity index (χ1) is 10.5. The van der Waals surface area contributed by atoms with Crippen LogP contribution in [0.1, 0.15) is 12.5 Å². The molecule has 0 bridgehead atoms. The number of anilines is 2. The van der Waals surface area contributed by atoms with Crippen LogP contribution >= 0.6 is 11.8 Å². The summed E-state index contributed by atoms with van der Waals surface area (Å²) in [5.74, 6) is 0.0773. The highest BCUT2D eigenvalue weighted by Crippen LogP contribution is 2.27. The Bertz CT molecular complexity index is 669. The van der Waals surface area contributed by atoms with Crippen LogP contribution < -0.4 is 10.6 Å². The first kappa shape index (κ1) is 16.1. The van der Waals surface area contributed by atoms with Gasteiger partial charge in [0, 0.05) is 17.5 Å². The van der Waals surface area contributed by atoms with Crippen molar-refractivity contribution >= 4 is 35.0 Å². The van der Waals surface area contributed by atoms with Crippen LogP contribution in [0.5, 0.6) is 0 Å². The summed E-state index contributed by atoms with van der Waals surface area (Å²) in [5.41, 5.74) is 2.66. The number of hydrogen-bond acceptors (Lipinski definition) is 3. The molecule has 2 rings (SSSR count). The summed E-state index contributed by atoms with van der Waals surface area (Å²) < 4.78 is 0. The first-order valence-electron chi connectivity index (χ1n) is 6.90. The van der Waals surface area contributed by atoms with Gasteiger partial charge in [0.1, 0.15) is 0 Å². The molecule has 0 aromatic heterocycles. The van der Waals surface area contributed by atoms with Crippen LogP contribution in [-0.2, 0) is 9.59 Å². The van der Waals surface area contributed by atoms with Crippen molar-refractivity contribution < 1.29 is 9.59 Å². The van der Waals surface area contributed by atoms with E-state index in [1.54, 1.807) is 0 Å². The van der Waals surface area contributed by atoms with Crippen molar-refractivity contribution in [2.45, 2.75) is 18.7 Å². The van der Waals surface area contributed by atoms with E-state index in [0.717, 1.165) is 21.8 Å². The van der Waals surface area contributed by atoms with E-state index in [9.17, 15) is 9.59 Å². The number of aryl methyl sites for hydroxylation is 1. The summed E-state index contributed by atoms with van der Waals surface area (Å²) in [6.45, 7) is 3.46. The molecule has 4 nitrogen and oxygen atoms in total. The molecule has 22 heavy (non-hydrogen) atoms. The lowest BCUT2D eigenvalue weighted by Crippen LogP contribution is -2.14. The van der Waals surface area contributed by atoms with Gasteiger partial charge in [0.05, 0.1) is 11.4 Å². The number of carbonyl (C=O) groups is 2. The van der Waals surface area contributed by atoms with Gasteiger partial charge in [-0.3, -0.25) is 9.59 Å². The maximum absolute atomic E-state index is 12.0. The Morgan fingerprint density at radius 3 is 2.36 bits per heavy atom. The minimum Gasteiger partial charge on any atom is -0.325 e. The van der Waals surface area contributed by atoms with Gasteiger partial charge in [0.25, 0.3) is 0 Å². The third kappa shape index (κ3) is 4.93. The quantitative estimate of drug-likeness (QED) is 0.828. The minimum absolute atomic E-state index is 0.0773. The minimum atomic E-state index is -0.128. The maximum Gasteiger partial charge on any atom is 0.234 e. The molecule has 2 amide bonds. The molecule has 2 aromatic carbocycles. The third-order valence-electron chi connectivity index (χ3n) is 2.89. The smallest absolute Gasteiger partial charge is 0.234 e. The van der Waals surface area contributed by atoms with Crippen LogP contribution in [0, 0.1) is 6.92 Å². The predicted molar refractivity (Wildman–Crippen MR) is 91.3 cm³/mol. The second kappa shape index (κ2) is 7.66. The summed E-state index contributed by atoms with van der Waals surface area (Å²) in [4.78, 5) is 24.0. The van der Waals surface area contributed by atoms with Crippen LogP contribution in [0.4, 0.5) is 11.4 Å². The summed E-state index contributed by atoms with van der Waals surface area (Å²) in [6.07, 6.45) is 0. The SMILES string of the molecule is CC(=O)Nc1ccccc1SCC(=O)Nc1ccc(C)cc1. The van der Waals surface area contributed by atoms with Crippen molar-refractivity contribution in [3.8, 4) is 0 Å². The highest BCUT2D eigenvalue weighted by atomic mass is 32.2. The molecule has 2 N–H and O–H groups in total. The second-order valence-corrected chi connectivity index (χ2v) is 5.90. The van der Waals surface area contributed by atoms with Crippen molar-refractivity contribution in [2.75, 3.05) is 16.4 Å². The van der Waals surface area contributed by atoms with Gasteiger partial charge < -0.3 is 10.6 Å². The maximum atomic E-state index is 12.0. The van der Waals surface area contributed by atoms with Gasteiger partial charge in [-0.15, -0.1) is 11.8 Å². The standard InChI is InChI=1S/C17H18N2O2S/c1-12-7-9-14(10-8-12)19-17(21)11-22-16-6-4-3-5-15(16)18-13(2)20/h3-10H,11H2,1-2H3,(H,18,20)(H,19,21). The number of nitrogens with one attached hydrogen (secondary N) is 2. The second-order valence-electron chi connectivity index (χ2n) is 4.88. The molecule has 114 valence electrons. The zero-order valence-corrected chi connectivity index (χ0v) is 13.4. The molecule has 0 saturated carbocycles. The van der Waals surface area contributed by atoms with E-state index < -0.39 is 0 Å². The summed E-state index contributed by atoms with van der Waals surface area (Å²) >= 11 is 1.39. The average molecular weight is 314 g/mol. The van der Waals surface area contributed by atoms with E-state index in [2.05, 4.69) is 10.6 Å². The number of benzene rings is 2. The van der Waals surface area contributed by atoms with E-state index in [4.69, 9.17) is 0 Å². The lowest BCUT2D eigenvalue weighted by Gasteiger charge is -2.09. The molecule has 2 aromatic rings. The van der Waals surface area contributed by atoms with E-state index in [-0.39, 0.29) is 17.6 Å². The van der Waals surface area contributed by atoms with Gasteiger partial charge in [-0.1, -0.05) is 29.8 Å². The monoisotopic (exact) mass is 314 g/mol. The van der Waals surface area contributed by atoms with Crippen molar-refractivity contribution in [3.05, 3.63) is 54.1 Å². The van der Waals surface area contributed by atoms with E-state index >= 15 is 0 Å². The predicted octanol–water partition coefficient (Wildman–Crippen LogP) is 3.68. The number of carbonyl (C=O) groups excluding carboxylic acids is 2. The number of rotatable bonds is 5. The number of thioether (sulfide) groups is 1. The molecule has 0 spiro atoms. The third-order valence-corrected chi connectivity index (χ3v) is 3.97. The van der Waals surface area contributed by atoms with Crippen LogP contribution in [0.25, 0.3) is 0 Å². The van der Waals surface area contributed by atoms with Gasteiger partial charge in [-0.25, -0.2) is 0 Å². The van der Waals surface area contributed by atoms with E-state index in [0.29, 0.717) is 0 Å². The lowest BCUT2D eigenvalue weighted by molar-refractivity contribution is -0.114. The molecule has 0 unspecified atom stereocenters.